The molecule has 0 amide bonds. The lowest BCUT2D eigenvalue weighted by Gasteiger charge is -2.33. The van der Waals surface area contributed by atoms with Gasteiger partial charge in [0.2, 0.25) is 0 Å². The van der Waals surface area contributed by atoms with E-state index in [4.69, 9.17) is 9.97 Å². The van der Waals surface area contributed by atoms with Gasteiger partial charge in [0.15, 0.2) is 0 Å². The van der Waals surface area contributed by atoms with E-state index in [1.54, 1.807) is 0 Å². The van der Waals surface area contributed by atoms with Crippen molar-refractivity contribution in [3.63, 3.8) is 0 Å². The number of nitrogens with zero attached hydrogens (tertiary/aromatic N) is 2. The Hall–Kier alpha value is -0.580. The molecule has 0 bridgehead atoms. The topological polar surface area (TPSA) is 25.8 Å². The summed E-state index contributed by atoms with van der Waals surface area (Å²) in [5.74, 6) is 0. The van der Waals surface area contributed by atoms with Gasteiger partial charge in [0, 0.05) is 0 Å². The molecule has 0 fully saturated rings. The van der Waals surface area contributed by atoms with E-state index in [1.165, 1.54) is 10.9 Å². The first-order valence-corrected chi connectivity index (χ1v) is 11.3. The average molecular weight is 334 g/mol. The van der Waals surface area contributed by atoms with E-state index < -0.39 is 0 Å². The standard InChI is InChI=1S/C18H28N2P2/c1-17(2,3)21(7)15-16(22(8)18(4,5)6)20-14-12-10-9-11-13(14)19-15/h9-12H,1-8H3/t21-,22?/m0/s1. The molecule has 2 nitrogen and oxygen atoms in total. The zero-order chi connectivity index (χ0) is 16.7. The molecule has 1 heterocycles. The van der Waals surface area contributed by atoms with Crippen molar-refractivity contribution in [2.75, 3.05) is 13.3 Å². The van der Waals surface area contributed by atoms with Crippen LogP contribution in [0.5, 0.6) is 0 Å². The van der Waals surface area contributed by atoms with Crippen molar-refractivity contribution in [2.24, 2.45) is 0 Å². The summed E-state index contributed by atoms with van der Waals surface area (Å²) in [7, 11) is -0.695. The van der Waals surface area contributed by atoms with Crippen LogP contribution in [0.15, 0.2) is 24.3 Å². The summed E-state index contributed by atoms with van der Waals surface area (Å²) >= 11 is 0. The van der Waals surface area contributed by atoms with E-state index in [0.29, 0.717) is 0 Å². The summed E-state index contributed by atoms with van der Waals surface area (Å²) in [4.78, 5) is 10.1. The van der Waals surface area contributed by atoms with Gasteiger partial charge in [-0.3, -0.25) is 0 Å². The minimum atomic E-state index is -0.348. The molecule has 0 saturated heterocycles. The van der Waals surface area contributed by atoms with Crippen LogP contribution in [0.25, 0.3) is 11.0 Å². The van der Waals surface area contributed by atoms with Gasteiger partial charge in [-0.2, -0.15) is 0 Å². The molecular formula is C18H28N2P2. The fourth-order valence-corrected chi connectivity index (χ4v) is 5.45. The predicted molar refractivity (Wildman–Crippen MR) is 104 cm³/mol. The van der Waals surface area contributed by atoms with Gasteiger partial charge in [-0.05, 0) is 35.8 Å². The van der Waals surface area contributed by atoms with Crippen LogP contribution >= 0.6 is 15.8 Å². The van der Waals surface area contributed by atoms with Gasteiger partial charge < -0.3 is 0 Å². The molecule has 4 heteroatoms. The average Bonchev–Trinajstić information content (AvgIpc) is 2.42. The largest absolute Gasteiger partial charge is 0.244 e. The third-order valence-electron chi connectivity index (χ3n) is 4.18. The Morgan fingerprint density at radius 2 is 1.00 bits per heavy atom. The summed E-state index contributed by atoms with van der Waals surface area (Å²) in [6, 6.07) is 8.26. The van der Waals surface area contributed by atoms with Crippen molar-refractivity contribution in [1.82, 2.24) is 9.97 Å². The van der Waals surface area contributed by atoms with Crippen LogP contribution in [0.3, 0.4) is 0 Å². The molecule has 22 heavy (non-hydrogen) atoms. The van der Waals surface area contributed by atoms with Gasteiger partial charge in [0.25, 0.3) is 0 Å². The molecule has 2 aromatic rings. The lowest BCUT2D eigenvalue weighted by molar-refractivity contribution is 0.787. The van der Waals surface area contributed by atoms with Crippen LogP contribution in [0.4, 0.5) is 0 Å². The van der Waals surface area contributed by atoms with Gasteiger partial charge in [-0.25, -0.2) is 9.97 Å². The SMILES string of the molecule is CP(c1nc2ccccc2nc1[P@](C)C(C)(C)C)C(C)(C)C. The fourth-order valence-electron chi connectivity index (χ4n) is 2.07. The van der Waals surface area contributed by atoms with E-state index >= 15 is 0 Å². The highest BCUT2D eigenvalue weighted by Crippen LogP contribution is 2.49. The Kier molecular flexibility index (Phi) is 4.96. The highest BCUT2D eigenvalue weighted by molar-refractivity contribution is 7.72. The first kappa shape index (κ1) is 17.8. The van der Waals surface area contributed by atoms with Crippen molar-refractivity contribution in [1.29, 1.82) is 0 Å². The summed E-state index contributed by atoms with van der Waals surface area (Å²) in [5, 5.41) is 0.491. The minimum absolute atomic E-state index is 0.245. The Labute approximate surface area is 137 Å². The van der Waals surface area contributed by atoms with E-state index in [-0.39, 0.29) is 26.2 Å². The van der Waals surface area contributed by atoms with Crippen LogP contribution in [0.1, 0.15) is 41.5 Å². The van der Waals surface area contributed by atoms with Crippen molar-refractivity contribution in [3.05, 3.63) is 24.3 Å². The molecule has 1 aromatic carbocycles. The lowest BCUT2D eigenvalue weighted by atomic mass is 10.3. The molecule has 0 spiro atoms. The molecule has 0 aliphatic carbocycles. The Bertz CT molecular complexity index is 610. The van der Waals surface area contributed by atoms with Crippen LogP contribution in [-0.2, 0) is 0 Å². The second-order valence-corrected chi connectivity index (χ2v) is 13.6. The monoisotopic (exact) mass is 334 g/mol. The maximum atomic E-state index is 5.06. The number of hydrogen-bond donors (Lipinski definition) is 0. The molecule has 120 valence electrons. The fraction of sp³-hybridized carbons (Fsp3) is 0.556. The predicted octanol–water partition coefficient (Wildman–Crippen LogP) is 4.70. The summed E-state index contributed by atoms with van der Waals surface area (Å²) in [6.45, 7) is 18.6. The number of hydrogen-bond acceptors (Lipinski definition) is 2. The molecule has 0 radical (unpaired) electrons. The highest BCUT2D eigenvalue weighted by atomic mass is 31.1. The smallest absolute Gasteiger partial charge is 0.0899 e. The minimum Gasteiger partial charge on any atom is -0.244 e. The highest BCUT2D eigenvalue weighted by Gasteiger charge is 2.31. The van der Waals surface area contributed by atoms with Gasteiger partial charge >= 0.3 is 0 Å². The molecule has 0 aliphatic rings. The molecule has 2 atom stereocenters. The van der Waals surface area contributed by atoms with E-state index in [2.05, 4.69) is 67.0 Å². The molecular weight excluding hydrogens is 306 g/mol. The number of benzene rings is 1. The first-order chi connectivity index (χ1) is 10.0. The van der Waals surface area contributed by atoms with E-state index in [1.807, 2.05) is 12.1 Å². The summed E-state index contributed by atoms with van der Waals surface area (Å²) < 4.78 is 0. The Morgan fingerprint density at radius 3 is 1.27 bits per heavy atom. The molecule has 0 saturated carbocycles. The second kappa shape index (κ2) is 6.14. The molecule has 2 rings (SSSR count). The summed E-state index contributed by atoms with van der Waals surface area (Å²) in [5.41, 5.74) is 4.56. The maximum Gasteiger partial charge on any atom is 0.0899 e. The van der Waals surface area contributed by atoms with Crippen molar-refractivity contribution in [3.8, 4) is 0 Å². The van der Waals surface area contributed by atoms with Crippen molar-refractivity contribution in [2.45, 2.75) is 51.9 Å². The lowest BCUT2D eigenvalue weighted by Crippen LogP contribution is -2.36. The van der Waals surface area contributed by atoms with Gasteiger partial charge in [0.05, 0.1) is 21.9 Å². The quantitative estimate of drug-likeness (QED) is 0.744. The van der Waals surface area contributed by atoms with Gasteiger partial charge in [-0.1, -0.05) is 69.5 Å². The second-order valence-electron chi connectivity index (χ2n) is 7.82. The Morgan fingerprint density at radius 1 is 0.682 bits per heavy atom. The number of rotatable bonds is 2. The third kappa shape index (κ3) is 3.66. The first-order valence-electron chi connectivity index (χ1n) is 7.76. The third-order valence-corrected chi connectivity index (χ3v) is 10.3. The number of para-hydroxylation sites is 2. The number of fused-ring (bicyclic) bond motifs is 1. The van der Waals surface area contributed by atoms with Gasteiger partial charge in [0.1, 0.15) is 0 Å². The van der Waals surface area contributed by atoms with Crippen LogP contribution < -0.4 is 10.9 Å². The number of aromatic nitrogens is 2. The van der Waals surface area contributed by atoms with Crippen LogP contribution in [0.2, 0.25) is 0 Å². The molecule has 1 unspecified atom stereocenters. The maximum absolute atomic E-state index is 5.06. The normalized spacial score (nSPS) is 15.8. The van der Waals surface area contributed by atoms with Crippen LogP contribution in [0, 0.1) is 0 Å². The van der Waals surface area contributed by atoms with E-state index in [0.717, 1.165) is 11.0 Å². The zero-order valence-corrected chi connectivity index (χ0v) is 16.9. The van der Waals surface area contributed by atoms with Crippen LogP contribution in [-0.4, -0.2) is 33.6 Å². The summed E-state index contributed by atoms with van der Waals surface area (Å²) in [6.07, 6.45) is 0. The molecule has 0 N–H and O–H groups in total. The molecule has 1 aromatic heterocycles. The zero-order valence-electron chi connectivity index (χ0n) is 15.1. The van der Waals surface area contributed by atoms with Crippen molar-refractivity contribution < 1.29 is 0 Å². The van der Waals surface area contributed by atoms with Crippen molar-refractivity contribution >= 4 is 37.7 Å². The Balaban J connectivity index is 2.70. The van der Waals surface area contributed by atoms with E-state index in [9.17, 15) is 0 Å². The molecule has 0 aliphatic heterocycles. The van der Waals surface area contributed by atoms with Gasteiger partial charge in [-0.15, -0.1) is 0 Å².